The molecule has 1 aliphatic carbocycles. The molecule has 14 heavy (non-hydrogen) atoms. The average Bonchev–Trinajstić information content (AvgIpc) is 2.96. The minimum absolute atomic E-state index is 0.326. The zero-order valence-corrected chi connectivity index (χ0v) is 9.32. The summed E-state index contributed by atoms with van der Waals surface area (Å²) in [6, 6.07) is 0.512. The summed E-state index contributed by atoms with van der Waals surface area (Å²) in [5.41, 5.74) is 6.19. The van der Waals surface area contributed by atoms with Crippen molar-refractivity contribution in [3.05, 3.63) is 5.15 Å². The van der Waals surface area contributed by atoms with Crippen LogP contribution in [0.4, 0.5) is 11.5 Å². The predicted octanol–water partition coefficient (Wildman–Crippen LogP) is 2.01. The molecule has 2 rings (SSSR count). The first kappa shape index (κ1) is 9.86. The summed E-state index contributed by atoms with van der Waals surface area (Å²) < 4.78 is 0. The molecule has 1 aliphatic rings. The number of nitrogen functional groups attached to an aromatic ring is 1. The summed E-state index contributed by atoms with van der Waals surface area (Å²) in [4.78, 5) is 8.29. The van der Waals surface area contributed by atoms with Crippen LogP contribution < -0.4 is 11.1 Å². The molecule has 0 saturated heterocycles. The molecule has 0 spiro atoms. The first-order valence-corrected chi connectivity index (χ1v) is 5.94. The summed E-state index contributed by atoms with van der Waals surface area (Å²) in [7, 11) is 0. The SMILES string of the molecule is CSc1nc(Cl)c(N)c(NC2CC2)n1. The molecule has 1 aromatic heterocycles. The lowest BCUT2D eigenvalue weighted by Crippen LogP contribution is -2.08. The number of hydrogen-bond donors (Lipinski definition) is 2. The van der Waals surface area contributed by atoms with Gasteiger partial charge in [0.15, 0.2) is 16.1 Å². The van der Waals surface area contributed by atoms with Gasteiger partial charge in [-0.3, -0.25) is 0 Å². The fourth-order valence-corrected chi connectivity index (χ4v) is 1.63. The predicted molar refractivity (Wildman–Crippen MR) is 59.9 cm³/mol. The average molecular weight is 231 g/mol. The zero-order chi connectivity index (χ0) is 10.1. The van der Waals surface area contributed by atoms with E-state index in [-0.39, 0.29) is 0 Å². The quantitative estimate of drug-likeness (QED) is 0.473. The topological polar surface area (TPSA) is 63.8 Å². The number of aromatic nitrogens is 2. The van der Waals surface area contributed by atoms with Crippen molar-refractivity contribution in [1.29, 1.82) is 0 Å². The van der Waals surface area contributed by atoms with E-state index in [4.69, 9.17) is 17.3 Å². The van der Waals surface area contributed by atoms with Crippen LogP contribution in [0.2, 0.25) is 5.15 Å². The Morgan fingerprint density at radius 1 is 1.50 bits per heavy atom. The molecule has 0 aromatic carbocycles. The van der Waals surface area contributed by atoms with E-state index in [1.165, 1.54) is 24.6 Å². The molecule has 6 heteroatoms. The van der Waals surface area contributed by atoms with Crippen LogP contribution in [0.15, 0.2) is 5.16 Å². The maximum Gasteiger partial charge on any atom is 0.190 e. The van der Waals surface area contributed by atoms with Gasteiger partial charge in [-0.1, -0.05) is 23.4 Å². The molecule has 0 unspecified atom stereocenters. The second kappa shape index (κ2) is 3.82. The van der Waals surface area contributed by atoms with E-state index in [0.29, 0.717) is 27.9 Å². The number of nitrogens with zero attached hydrogens (tertiary/aromatic N) is 2. The molecule has 0 amide bonds. The summed E-state index contributed by atoms with van der Waals surface area (Å²) in [5, 5.41) is 4.20. The van der Waals surface area contributed by atoms with Crippen molar-refractivity contribution < 1.29 is 0 Å². The highest BCUT2D eigenvalue weighted by molar-refractivity contribution is 7.98. The first-order chi connectivity index (χ1) is 6.70. The zero-order valence-electron chi connectivity index (χ0n) is 7.75. The molecular formula is C8H11ClN4S. The van der Waals surface area contributed by atoms with Crippen LogP contribution in [-0.4, -0.2) is 22.3 Å². The molecule has 0 radical (unpaired) electrons. The third kappa shape index (κ3) is 2.04. The molecular weight excluding hydrogens is 220 g/mol. The Morgan fingerprint density at radius 2 is 2.21 bits per heavy atom. The Balaban J connectivity index is 2.29. The van der Waals surface area contributed by atoms with Crippen molar-refractivity contribution in [3.8, 4) is 0 Å². The molecule has 0 bridgehead atoms. The number of halogens is 1. The second-order valence-electron chi connectivity index (χ2n) is 3.18. The number of nitrogens with two attached hydrogens (primary N) is 1. The molecule has 76 valence electrons. The van der Waals surface area contributed by atoms with Crippen LogP contribution in [0, 0.1) is 0 Å². The van der Waals surface area contributed by atoms with Gasteiger partial charge in [0, 0.05) is 6.04 Å². The van der Waals surface area contributed by atoms with Gasteiger partial charge in [0.1, 0.15) is 5.69 Å². The van der Waals surface area contributed by atoms with E-state index in [0.717, 1.165) is 0 Å². The summed E-state index contributed by atoms with van der Waals surface area (Å²) >= 11 is 7.32. The van der Waals surface area contributed by atoms with E-state index >= 15 is 0 Å². The lowest BCUT2D eigenvalue weighted by Gasteiger charge is -2.08. The number of hydrogen-bond acceptors (Lipinski definition) is 5. The van der Waals surface area contributed by atoms with Crippen LogP contribution in [0.5, 0.6) is 0 Å². The summed E-state index contributed by atoms with van der Waals surface area (Å²) in [6.07, 6.45) is 4.26. The highest BCUT2D eigenvalue weighted by atomic mass is 35.5. The second-order valence-corrected chi connectivity index (χ2v) is 4.31. The summed E-state index contributed by atoms with van der Waals surface area (Å²) in [6.45, 7) is 0. The molecule has 1 fully saturated rings. The molecule has 1 saturated carbocycles. The van der Waals surface area contributed by atoms with E-state index in [9.17, 15) is 0 Å². The lowest BCUT2D eigenvalue weighted by molar-refractivity contribution is 0.960. The van der Waals surface area contributed by atoms with Gasteiger partial charge in [-0.2, -0.15) is 0 Å². The fourth-order valence-electron chi connectivity index (χ4n) is 1.05. The highest BCUT2D eigenvalue weighted by Crippen LogP contribution is 2.31. The van der Waals surface area contributed by atoms with Crippen molar-refractivity contribution >= 4 is 34.9 Å². The Kier molecular flexibility index (Phi) is 2.69. The monoisotopic (exact) mass is 230 g/mol. The van der Waals surface area contributed by atoms with Gasteiger partial charge < -0.3 is 11.1 Å². The van der Waals surface area contributed by atoms with Crippen LogP contribution >= 0.6 is 23.4 Å². The molecule has 0 aliphatic heterocycles. The minimum Gasteiger partial charge on any atom is -0.393 e. The maximum absolute atomic E-state index is 5.87. The first-order valence-electron chi connectivity index (χ1n) is 4.34. The van der Waals surface area contributed by atoms with Crippen molar-refractivity contribution in [2.45, 2.75) is 24.0 Å². The van der Waals surface area contributed by atoms with Crippen molar-refractivity contribution in [1.82, 2.24) is 9.97 Å². The van der Waals surface area contributed by atoms with Gasteiger partial charge in [0.05, 0.1) is 0 Å². The van der Waals surface area contributed by atoms with Gasteiger partial charge in [0.25, 0.3) is 0 Å². The van der Waals surface area contributed by atoms with Gasteiger partial charge >= 0.3 is 0 Å². The number of anilines is 2. The molecule has 1 heterocycles. The normalized spacial score (nSPS) is 15.6. The van der Waals surface area contributed by atoms with Crippen LogP contribution in [-0.2, 0) is 0 Å². The van der Waals surface area contributed by atoms with E-state index in [1.54, 1.807) is 0 Å². The third-order valence-electron chi connectivity index (χ3n) is 1.98. The van der Waals surface area contributed by atoms with E-state index in [2.05, 4.69) is 15.3 Å². The number of rotatable bonds is 3. The maximum atomic E-state index is 5.87. The Bertz CT molecular complexity index is 353. The van der Waals surface area contributed by atoms with Gasteiger partial charge in [-0.15, -0.1) is 0 Å². The van der Waals surface area contributed by atoms with Crippen LogP contribution in [0.3, 0.4) is 0 Å². The highest BCUT2D eigenvalue weighted by Gasteiger charge is 2.23. The largest absolute Gasteiger partial charge is 0.393 e. The minimum atomic E-state index is 0.326. The fraction of sp³-hybridized carbons (Fsp3) is 0.500. The van der Waals surface area contributed by atoms with Gasteiger partial charge in [-0.05, 0) is 19.1 Å². The Hall–Kier alpha value is -0.680. The lowest BCUT2D eigenvalue weighted by atomic mass is 10.4. The van der Waals surface area contributed by atoms with Crippen molar-refractivity contribution in [2.24, 2.45) is 0 Å². The van der Waals surface area contributed by atoms with E-state index < -0.39 is 0 Å². The van der Waals surface area contributed by atoms with Gasteiger partial charge in [-0.25, -0.2) is 9.97 Å². The van der Waals surface area contributed by atoms with Crippen molar-refractivity contribution in [3.63, 3.8) is 0 Å². The molecule has 1 aromatic rings. The Labute approximate surface area is 91.6 Å². The van der Waals surface area contributed by atoms with Gasteiger partial charge in [0.2, 0.25) is 0 Å². The van der Waals surface area contributed by atoms with Crippen LogP contribution in [0.25, 0.3) is 0 Å². The number of nitrogens with one attached hydrogen (secondary N) is 1. The molecule has 4 nitrogen and oxygen atoms in total. The molecule has 0 atom stereocenters. The van der Waals surface area contributed by atoms with Crippen molar-refractivity contribution in [2.75, 3.05) is 17.3 Å². The standard InChI is InChI=1S/C8H11ClN4S/c1-14-8-12-6(9)5(10)7(13-8)11-4-2-3-4/h4H,2-3,10H2,1H3,(H,11,12,13). The van der Waals surface area contributed by atoms with E-state index in [1.807, 2.05) is 6.26 Å². The summed E-state index contributed by atoms with van der Waals surface area (Å²) in [5.74, 6) is 0.664. The number of thioether (sulfide) groups is 1. The smallest absolute Gasteiger partial charge is 0.190 e. The molecule has 3 N–H and O–H groups in total. The Morgan fingerprint density at radius 3 is 2.79 bits per heavy atom. The van der Waals surface area contributed by atoms with Crippen LogP contribution in [0.1, 0.15) is 12.8 Å². The third-order valence-corrected chi connectivity index (χ3v) is 2.82.